The fraction of sp³-hybridized carbons (Fsp3) is 0.0625. The lowest BCUT2D eigenvalue weighted by Crippen LogP contribution is -1.89. The van der Waals surface area contributed by atoms with E-state index in [1.165, 1.54) is 0 Å². The zero-order valence-electron chi connectivity index (χ0n) is 11.4. The number of hydrogen-bond donors (Lipinski definition) is 0. The van der Waals surface area contributed by atoms with Gasteiger partial charge in [-0.1, -0.05) is 30.3 Å². The molecule has 0 aliphatic heterocycles. The summed E-state index contributed by atoms with van der Waals surface area (Å²) in [6.45, 7) is 0. The van der Waals surface area contributed by atoms with Crippen LogP contribution in [0.5, 0.6) is 0 Å². The van der Waals surface area contributed by atoms with Crippen LogP contribution in [0.4, 0.5) is 0 Å². The van der Waals surface area contributed by atoms with Crippen LogP contribution in [0.25, 0.3) is 23.4 Å². The number of rotatable bonds is 3. The molecular weight excluding hydrogens is 328 g/mol. The first-order chi connectivity index (χ1) is 10.2. The average Bonchev–Trinajstić information content (AvgIpc) is 2.87. The molecule has 5 heteroatoms. The Hall–Kier alpha value is -2.27. The minimum atomic E-state index is 0.717. The van der Waals surface area contributed by atoms with Gasteiger partial charge in [-0.2, -0.15) is 0 Å². The Kier molecular flexibility index (Phi) is 3.92. The summed E-state index contributed by atoms with van der Waals surface area (Å²) in [6, 6.07) is 10.1. The van der Waals surface area contributed by atoms with Crippen molar-refractivity contribution in [3.05, 3.63) is 65.0 Å². The van der Waals surface area contributed by atoms with Crippen LogP contribution in [0.3, 0.4) is 0 Å². The number of aryl methyl sites for hydroxylation is 1. The Morgan fingerprint density at radius 1 is 1.05 bits per heavy atom. The van der Waals surface area contributed by atoms with Crippen LogP contribution >= 0.6 is 15.9 Å². The van der Waals surface area contributed by atoms with Crippen LogP contribution < -0.4 is 0 Å². The minimum absolute atomic E-state index is 0.717. The van der Waals surface area contributed by atoms with Gasteiger partial charge >= 0.3 is 0 Å². The maximum atomic E-state index is 4.63. The first kappa shape index (κ1) is 13.7. The lowest BCUT2D eigenvalue weighted by atomic mass is 10.2. The maximum Gasteiger partial charge on any atom is 0.133 e. The highest BCUT2D eigenvalue weighted by atomic mass is 79.9. The summed E-state index contributed by atoms with van der Waals surface area (Å²) >= 11 is 3.31. The molecule has 3 rings (SSSR count). The Morgan fingerprint density at radius 2 is 1.86 bits per heavy atom. The quantitative estimate of drug-likeness (QED) is 0.728. The van der Waals surface area contributed by atoms with Crippen LogP contribution in [0.1, 0.15) is 11.5 Å². The van der Waals surface area contributed by atoms with Gasteiger partial charge in [0.1, 0.15) is 10.4 Å². The second-order valence-electron chi connectivity index (χ2n) is 4.56. The Bertz CT molecular complexity index is 778. The van der Waals surface area contributed by atoms with E-state index in [1.54, 1.807) is 12.4 Å². The lowest BCUT2D eigenvalue weighted by molar-refractivity contribution is 0.898. The summed E-state index contributed by atoms with van der Waals surface area (Å²) in [5, 5.41) is 0. The molecule has 2 aromatic heterocycles. The van der Waals surface area contributed by atoms with E-state index in [0.717, 1.165) is 27.4 Å². The molecule has 0 atom stereocenters. The fourth-order valence-corrected chi connectivity index (χ4v) is 2.30. The highest BCUT2D eigenvalue weighted by Gasteiger charge is 2.04. The number of halogens is 1. The van der Waals surface area contributed by atoms with E-state index in [4.69, 9.17) is 0 Å². The molecule has 0 N–H and O–H groups in total. The second kappa shape index (κ2) is 6.01. The van der Waals surface area contributed by atoms with Gasteiger partial charge in [0.2, 0.25) is 0 Å². The summed E-state index contributed by atoms with van der Waals surface area (Å²) in [7, 11) is 1.98. The summed E-state index contributed by atoms with van der Waals surface area (Å²) in [5.41, 5.74) is 2.85. The molecule has 0 saturated carbocycles. The second-order valence-corrected chi connectivity index (χ2v) is 5.37. The maximum absolute atomic E-state index is 4.63. The molecule has 4 nitrogen and oxygen atoms in total. The van der Waals surface area contributed by atoms with Gasteiger partial charge in [0.15, 0.2) is 0 Å². The van der Waals surface area contributed by atoms with Crippen LogP contribution in [-0.4, -0.2) is 19.5 Å². The van der Waals surface area contributed by atoms with Crippen molar-refractivity contribution in [2.45, 2.75) is 0 Å². The molecular formula is C16H13BrN4. The van der Waals surface area contributed by atoms with E-state index in [9.17, 15) is 0 Å². The van der Waals surface area contributed by atoms with Gasteiger partial charge in [-0.3, -0.25) is 4.98 Å². The predicted octanol–water partition coefficient (Wildman–Crippen LogP) is 3.81. The number of hydrogen-bond acceptors (Lipinski definition) is 3. The van der Waals surface area contributed by atoms with E-state index < -0.39 is 0 Å². The molecule has 104 valence electrons. The molecule has 0 fully saturated rings. The smallest absolute Gasteiger partial charge is 0.133 e. The van der Waals surface area contributed by atoms with Crippen molar-refractivity contribution in [3.63, 3.8) is 0 Å². The van der Waals surface area contributed by atoms with Gasteiger partial charge in [-0.15, -0.1) is 0 Å². The Morgan fingerprint density at radius 3 is 2.62 bits per heavy atom. The summed E-state index contributed by atoms with van der Waals surface area (Å²) in [6.07, 6.45) is 9.22. The highest BCUT2D eigenvalue weighted by Crippen LogP contribution is 2.18. The average molecular weight is 341 g/mol. The molecule has 1 aromatic carbocycles. The number of benzene rings is 1. The first-order valence-corrected chi connectivity index (χ1v) is 7.26. The van der Waals surface area contributed by atoms with Crippen molar-refractivity contribution in [1.29, 1.82) is 0 Å². The Labute approximate surface area is 131 Å². The summed E-state index contributed by atoms with van der Waals surface area (Å²) in [5.74, 6) is 0.871. The molecule has 0 radical (unpaired) electrons. The van der Waals surface area contributed by atoms with E-state index in [1.807, 2.05) is 48.2 Å². The molecule has 0 bridgehead atoms. The van der Waals surface area contributed by atoms with Gasteiger partial charge in [-0.05, 0) is 28.1 Å². The summed E-state index contributed by atoms with van der Waals surface area (Å²) < 4.78 is 2.71. The predicted molar refractivity (Wildman–Crippen MR) is 87.3 cm³/mol. The molecule has 0 spiro atoms. The van der Waals surface area contributed by atoms with Crippen LogP contribution in [0, 0.1) is 0 Å². The third-order valence-electron chi connectivity index (χ3n) is 3.01. The highest BCUT2D eigenvalue weighted by molar-refractivity contribution is 9.10. The zero-order chi connectivity index (χ0) is 14.7. The number of nitrogens with zero attached hydrogens (tertiary/aromatic N) is 4. The molecule has 3 aromatic rings. The fourth-order valence-electron chi connectivity index (χ4n) is 1.98. The Balaban J connectivity index is 1.88. The third kappa shape index (κ3) is 3.25. The van der Waals surface area contributed by atoms with Gasteiger partial charge in [0.25, 0.3) is 0 Å². The van der Waals surface area contributed by atoms with E-state index >= 15 is 0 Å². The SMILES string of the molecule is Cn1cc(-c2ccccc2)nc1C=Cc1cncc(Br)n1. The lowest BCUT2D eigenvalue weighted by Gasteiger charge is -1.94. The van der Waals surface area contributed by atoms with Gasteiger partial charge in [0, 0.05) is 18.8 Å². The molecule has 2 heterocycles. The van der Waals surface area contributed by atoms with Gasteiger partial charge in [0.05, 0.1) is 23.8 Å². The molecule has 0 amide bonds. The van der Waals surface area contributed by atoms with Crippen molar-refractivity contribution in [1.82, 2.24) is 19.5 Å². The van der Waals surface area contributed by atoms with Crippen molar-refractivity contribution in [2.75, 3.05) is 0 Å². The standard InChI is InChI=1S/C16H13BrN4/c1-21-11-14(12-5-3-2-4-6-12)20-16(21)8-7-13-9-18-10-15(17)19-13/h2-11H,1H3. The molecule has 0 aliphatic rings. The van der Waals surface area contributed by atoms with Crippen molar-refractivity contribution in [3.8, 4) is 11.3 Å². The van der Waals surface area contributed by atoms with Crippen molar-refractivity contribution >= 4 is 28.1 Å². The van der Waals surface area contributed by atoms with Crippen molar-refractivity contribution < 1.29 is 0 Å². The summed E-state index contributed by atoms with van der Waals surface area (Å²) in [4.78, 5) is 13.0. The molecule has 0 aliphatic carbocycles. The topological polar surface area (TPSA) is 43.6 Å². The van der Waals surface area contributed by atoms with Crippen molar-refractivity contribution in [2.24, 2.45) is 7.05 Å². The van der Waals surface area contributed by atoms with E-state index in [0.29, 0.717) is 0 Å². The molecule has 21 heavy (non-hydrogen) atoms. The largest absolute Gasteiger partial charge is 0.334 e. The van der Waals surface area contributed by atoms with Crippen LogP contribution in [0.15, 0.2) is 53.5 Å². The van der Waals surface area contributed by atoms with Crippen LogP contribution in [0.2, 0.25) is 0 Å². The van der Waals surface area contributed by atoms with Gasteiger partial charge < -0.3 is 4.57 Å². The number of aromatic nitrogens is 4. The van der Waals surface area contributed by atoms with E-state index in [-0.39, 0.29) is 0 Å². The zero-order valence-corrected chi connectivity index (χ0v) is 13.0. The minimum Gasteiger partial charge on any atom is -0.334 e. The first-order valence-electron chi connectivity index (χ1n) is 6.47. The monoisotopic (exact) mass is 340 g/mol. The van der Waals surface area contributed by atoms with E-state index in [2.05, 4.69) is 43.0 Å². The van der Waals surface area contributed by atoms with Gasteiger partial charge in [-0.25, -0.2) is 9.97 Å². The third-order valence-corrected chi connectivity index (χ3v) is 3.39. The molecule has 0 saturated heterocycles. The number of imidazole rings is 1. The normalized spacial score (nSPS) is 11.1. The molecule has 0 unspecified atom stereocenters. The van der Waals surface area contributed by atoms with Crippen LogP contribution in [-0.2, 0) is 7.05 Å².